The Morgan fingerprint density at radius 3 is 1.03 bits per heavy atom. The lowest BCUT2D eigenvalue weighted by atomic mass is 10.2. The molecule has 0 saturated heterocycles. The summed E-state index contributed by atoms with van der Waals surface area (Å²) in [5.74, 6) is -0.455. The van der Waals surface area contributed by atoms with Crippen LogP contribution in [0.2, 0.25) is 0 Å². The molecule has 0 saturated carbocycles. The van der Waals surface area contributed by atoms with Gasteiger partial charge in [-0.25, -0.2) is 4.79 Å². The summed E-state index contributed by atoms with van der Waals surface area (Å²) in [5.41, 5.74) is 0. The molecular formula is C28H54O11. The van der Waals surface area contributed by atoms with Crippen LogP contribution in [0.4, 0.5) is 0 Å². The molecule has 0 aliphatic heterocycles. The van der Waals surface area contributed by atoms with Crippen LogP contribution in [0.3, 0.4) is 0 Å². The van der Waals surface area contributed by atoms with Crippen LogP contribution < -0.4 is 0 Å². The summed E-state index contributed by atoms with van der Waals surface area (Å²) in [6.45, 7) is 15.2. The van der Waals surface area contributed by atoms with Gasteiger partial charge in [0.15, 0.2) is 0 Å². The molecule has 39 heavy (non-hydrogen) atoms. The number of unbranched alkanes of at least 4 members (excludes halogenated alkanes) is 4. The molecule has 0 atom stereocenters. The SMILES string of the molecule is C=CC(=O)OCCOCCOCCOCCOCCOCCOCCOCCOCCOCCCCCCC. The number of rotatable bonds is 34. The Morgan fingerprint density at radius 2 is 0.718 bits per heavy atom. The second kappa shape index (κ2) is 34.9. The lowest BCUT2D eigenvalue weighted by Gasteiger charge is -2.09. The highest BCUT2D eigenvalue weighted by Gasteiger charge is 1.97. The highest BCUT2D eigenvalue weighted by molar-refractivity contribution is 5.81. The number of carbonyl (C=O) groups excluding carboxylic acids is 1. The number of ether oxygens (including phenoxy) is 10. The molecule has 0 amide bonds. The number of carbonyl (C=O) groups is 1. The number of hydrogen-bond donors (Lipinski definition) is 0. The summed E-state index contributed by atoms with van der Waals surface area (Å²) in [4.78, 5) is 10.8. The second-order valence-electron chi connectivity index (χ2n) is 8.30. The topological polar surface area (TPSA) is 109 Å². The maximum atomic E-state index is 10.8. The molecular weight excluding hydrogens is 512 g/mol. The predicted molar refractivity (Wildman–Crippen MR) is 147 cm³/mol. The van der Waals surface area contributed by atoms with Crippen LogP contribution in [-0.2, 0) is 52.2 Å². The highest BCUT2D eigenvalue weighted by Crippen LogP contribution is 2.02. The Labute approximate surface area is 235 Å². The van der Waals surface area contributed by atoms with E-state index in [1.807, 2.05) is 0 Å². The van der Waals surface area contributed by atoms with Gasteiger partial charge in [-0.1, -0.05) is 39.2 Å². The first-order valence-corrected chi connectivity index (χ1v) is 14.3. The summed E-state index contributed by atoms with van der Waals surface area (Å²) in [5, 5.41) is 0. The summed E-state index contributed by atoms with van der Waals surface area (Å²) >= 11 is 0. The highest BCUT2D eigenvalue weighted by atomic mass is 16.6. The van der Waals surface area contributed by atoms with Crippen molar-refractivity contribution in [2.75, 3.05) is 126 Å². The number of esters is 1. The minimum atomic E-state index is -0.455. The van der Waals surface area contributed by atoms with Gasteiger partial charge in [-0.3, -0.25) is 0 Å². The van der Waals surface area contributed by atoms with Gasteiger partial charge >= 0.3 is 5.97 Å². The molecule has 0 rings (SSSR count). The van der Waals surface area contributed by atoms with Crippen molar-refractivity contribution in [3.63, 3.8) is 0 Å². The first-order chi connectivity index (χ1) is 19.3. The largest absolute Gasteiger partial charge is 0.460 e. The molecule has 0 aliphatic rings. The molecule has 0 bridgehead atoms. The Bertz CT molecular complexity index is 494. The lowest BCUT2D eigenvalue weighted by molar-refractivity contribution is -0.139. The third kappa shape index (κ3) is 34.8. The van der Waals surface area contributed by atoms with Crippen LogP contribution >= 0.6 is 0 Å². The van der Waals surface area contributed by atoms with Crippen molar-refractivity contribution in [2.45, 2.75) is 39.0 Å². The normalized spacial score (nSPS) is 11.2. The zero-order valence-corrected chi connectivity index (χ0v) is 24.2. The van der Waals surface area contributed by atoms with E-state index in [2.05, 4.69) is 13.5 Å². The zero-order valence-electron chi connectivity index (χ0n) is 24.2. The van der Waals surface area contributed by atoms with Gasteiger partial charge in [0.1, 0.15) is 6.61 Å². The summed E-state index contributed by atoms with van der Waals surface area (Å²) in [7, 11) is 0. The molecule has 0 aromatic carbocycles. The molecule has 0 N–H and O–H groups in total. The maximum Gasteiger partial charge on any atom is 0.330 e. The summed E-state index contributed by atoms with van der Waals surface area (Å²) in [6, 6.07) is 0. The van der Waals surface area contributed by atoms with Gasteiger partial charge in [0.25, 0.3) is 0 Å². The fourth-order valence-corrected chi connectivity index (χ4v) is 2.93. The van der Waals surface area contributed by atoms with Gasteiger partial charge in [-0.05, 0) is 6.42 Å². The average Bonchev–Trinajstić information content (AvgIpc) is 2.95. The van der Waals surface area contributed by atoms with Crippen LogP contribution in [0.1, 0.15) is 39.0 Å². The molecule has 232 valence electrons. The minimum Gasteiger partial charge on any atom is -0.460 e. The molecule has 0 aromatic rings. The van der Waals surface area contributed by atoms with Crippen molar-refractivity contribution in [3.8, 4) is 0 Å². The van der Waals surface area contributed by atoms with Crippen LogP contribution in [-0.4, -0.2) is 132 Å². The van der Waals surface area contributed by atoms with E-state index in [9.17, 15) is 4.79 Å². The fourth-order valence-electron chi connectivity index (χ4n) is 2.93. The average molecular weight is 567 g/mol. The first kappa shape index (κ1) is 37.9. The van der Waals surface area contributed by atoms with Crippen LogP contribution in [0.5, 0.6) is 0 Å². The van der Waals surface area contributed by atoms with Gasteiger partial charge < -0.3 is 47.4 Å². The van der Waals surface area contributed by atoms with Gasteiger partial charge in [0, 0.05) is 12.7 Å². The molecule has 0 aromatic heterocycles. The van der Waals surface area contributed by atoms with Crippen molar-refractivity contribution in [3.05, 3.63) is 12.7 Å². The van der Waals surface area contributed by atoms with Crippen molar-refractivity contribution in [1.29, 1.82) is 0 Å². The van der Waals surface area contributed by atoms with E-state index in [-0.39, 0.29) is 6.61 Å². The van der Waals surface area contributed by atoms with Gasteiger partial charge in [0.05, 0.1) is 112 Å². The molecule has 11 nitrogen and oxygen atoms in total. The van der Waals surface area contributed by atoms with E-state index in [4.69, 9.17) is 47.4 Å². The maximum absolute atomic E-state index is 10.8. The molecule has 0 aliphatic carbocycles. The van der Waals surface area contributed by atoms with E-state index >= 15 is 0 Å². The third-order valence-corrected chi connectivity index (χ3v) is 5.01. The first-order valence-electron chi connectivity index (χ1n) is 14.3. The van der Waals surface area contributed by atoms with Crippen molar-refractivity contribution >= 4 is 5.97 Å². The third-order valence-electron chi connectivity index (χ3n) is 5.01. The zero-order chi connectivity index (χ0) is 28.3. The molecule has 0 spiro atoms. The van der Waals surface area contributed by atoms with Crippen molar-refractivity contribution in [1.82, 2.24) is 0 Å². The monoisotopic (exact) mass is 566 g/mol. The standard InChI is InChI=1S/C28H54O11/c1-3-5-6-7-8-9-30-10-11-31-12-13-32-14-15-33-16-17-34-18-19-35-20-21-36-22-23-37-24-25-38-26-27-39-28(29)4-2/h4H,2-3,5-27H2,1H3. The Kier molecular flexibility index (Phi) is 33.8. The number of hydrogen-bond acceptors (Lipinski definition) is 11. The van der Waals surface area contributed by atoms with Crippen molar-refractivity contribution in [2.24, 2.45) is 0 Å². The molecule has 0 fully saturated rings. The quantitative estimate of drug-likeness (QED) is 0.0652. The fraction of sp³-hybridized carbons (Fsp3) is 0.893. The Balaban J connectivity index is 3.04. The van der Waals surface area contributed by atoms with E-state index in [0.29, 0.717) is 112 Å². The van der Waals surface area contributed by atoms with Gasteiger partial charge in [0.2, 0.25) is 0 Å². The molecule has 0 radical (unpaired) electrons. The van der Waals surface area contributed by atoms with E-state index in [1.54, 1.807) is 0 Å². The smallest absolute Gasteiger partial charge is 0.330 e. The van der Waals surface area contributed by atoms with E-state index < -0.39 is 5.97 Å². The van der Waals surface area contributed by atoms with Crippen LogP contribution in [0.25, 0.3) is 0 Å². The van der Waals surface area contributed by atoms with Crippen molar-refractivity contribution < 1.29 is 52.2 Å². The lowest BCUT2D eigenvalue weighted by Crippen LogP contribution is -2.15. The Hall–Kier alpha value is -1.15. The van der Waals surface area contributed by atoms with Gasteiger partial charge in [-0.15, -0.1) is 0 Å². The summed E-state index contributed by atoms with van der Waals surface area (Å²) in [6.07, 6.45) is 7.39. The predicted octanol–water partition coefficient (Wildman–Crippen LogP) is 2.84. The summed E-state index contributed by atoms with van der Waals surface area (Å²) < 4.78 is 53.7. The molecule has 11 heteroatoms. The van der Waals surface area contributed by atoms with E-state index in [0.717, 1.165) is 19.1 Å². The Morgan fingerprint density at radius 1 is 0.436 bits per heavy atom. The molecule has 0 unspecified atom stereocenters. The van der Waals surface area contributed by atoms with Crippen LogP contribution in [0.15, 0.2) is 12.7 Å². The second-order valence-corrected chi connectivity index (χ2v) is 8.30. The molecule has 0 heterocycles. The minimum absolute atomic E-state index is 0.204. The van der Waals surface area contributed by atoms with Crippen LogP contribution in [0, 0.1) is 0 Å². The van der Waals surface area contributed by atoms with E-state index in [1.165, 1.54) is 25.7 Å². The van der Waals surface area contributed by atoms with Gasteiger partial charge in [-0.2, -0.15) is 0 Å².